The molecule has 0 heterocycles. The second-order valence-corrected chi connectivity index (χ2v) is 5.04. The Kier molecular flexibility index (Phi) is 4.16. The molecule has 0 radical (unpaired) electrons. The first-order valence-electron chi connectivity index (χ1n) is 5.87. The van der Waals surface area contributed by atoms with E-state index in [0.717, 1.165) is 23.4 Å². The van der Waals surface area contributed by atoms with E-state index in [4.69, 9.17) is 4.74 Å². The van der Waals surface area contributed by atoms with Crippen LogP contribution in [0.1, 0.15) is 33.3 Å². The van der Waals surface area contributed by atoms with Gasteiger partial charge in [0.05, 0.1) is 7.11 Å². The molecule has 0 bridgehead atoms. The highest BCUT2D eigenvalue weighted by Crippen LogP contribution is 2.28. The Bertz CT molecular complexity index is 405. The zero-order valence-corrected chi connectivity index (χ0v) is 11.3. The lowest BCUT2D eigenvalue weighted by molar-refractivity contribution is -0.123. The first kappa shape index (κ1) is 13.6. The summed E-state index contributed by atoms with van der Waals surface area (Å²) in [7, 11) is 1.64. The number of methoxy groups -OCH3 is 1. The van der Waals surface area contributed by atoms with Crippen molar-refractivity contribution in [3.05, 3.63) is 23.8 Å². The van der Waals surface area contributed by atoms with Crippen molar-refractivity contribution in [3.8, 4) is 5.75 Å². The second kappa shape index (κ2) is 5.21. The third-order valence-electron chi connectivity index (χ3n) is 2.64. The fourth-order valence-electron chi connectivity index (χ4n) is 1.55. The number of anilines is 1. The van der Waals surface area contributed by atoms with E-state index in [1.54, 1.807) is 7.11 Å². The summed E-state index contributed by atoms with van der Waals surface area (Å²) in [6.07, 6.45) is 0.823. The first-order chi connectivity index (χ1) is 7.90. The summed E-state index contributed by atoms with van der Waals surface area (Å²) in [5.41, 5.74) is 1.48. The van der Waals surface area contributed by atoms with E-state index in [2.05, 4.69) is 5.32 Å². The summed E-state index contributed by atoms with van der Waals surface area (Å²) < 4.78 is 5.29. The van der Waals surface area contributed by atoms with Crippen LogP contribution in [0.15, 0.2) is 18.2 Å². The van der Waals surface area contributed by atoms with Crippen molar-refractivity contribution in [2.45, 2.75) is 34.1 Å². The maximum atomic E-state index is 11.9. The zero-order chi connectivity index (χ0) is 13.1. The van der Waals surface area contributed by atoms with Gasteiger partial charge >= 0.3 is 0 Å². The topological polar surface area (TPSA) is 38.3 Å². The van der Waals surface area contributed by atoms with Gasteiger partial charge < -0.3 is 10.1 Å². The summed E-state index contributed by atoms with van der Waals surface area (Å²) >= 11 is 0. The lowest BCUT2D eigenvalue weighted by atomic mass is 9.95. The van der Waals surface area contributed by atoms with Gasteiger partial charge in [0.15, 0.2) is 0 Å². The van der Waals surface area contributed by atoms with E-state index in [1.165, 1.54) is 0 Å². The number of rotatable bonds is 3. The molecule has 1 aromatic carbocycles. The van der Waals surface area contributed by atoms with Crippen molar-refractivity contribution >= 4 is 11.6 Å². The lowest BCUT2D eigenvalue weighted by Crippen LogP contribution is -2.28. The standard InChI is InChI=1S/C14H21NO2/c1-6-10-11(8-7-9-12(10)17-5)15-13(16)14(2,3)4/h7-9H,6H2,1-5H3,(H,15,16). The fraction of sp³-hybridized carbons (Fsp3) is 0.500. The number of ether oxygens (including phenoxy) is 1. The Balaban J connectivity index is 3.03. The van der Waals surface area contributed by atoms with Gasteiger partial charge in [0.2, 0.25) is 5.91 Å². The number of nitrogens with one attached hydrogen (secondary N) is 1. The molecule has 3 heteroatoms. The number of hydrogen-bond acceptors (Lipinski definition) is 2. The maximum absolute atomic E-state index is 11.9. The molecule has 1 rings (SSSR count). The normalized spacial score (nSPS) is 11.1. The molecule has 0 fully saturated rings. The smallest absolute Gasteiger partial charge is 0.229 e. The number of carbonyl (C=O) groups excluding carboxylic acids is 1. The minimum atomic E-state index is -0.395. The van der Waals surface area contributed by atoms with Gasteiger partial charge in [-0.25, -0.2) is 0 Å². The minimum absolute atomic E-state index is 0.0143. The highest BCUT2D eigenvalue weighted by atomic mass is 16.5. The molecule has 0 aliphatic rings. The van der Waals surface area contributed by atoms with Crippen molar-refractivity contribution in [3.63, 3.8) is 0 Å². The van der Waals surface area contributed by atoms with Crippen LogP contribution in [0.2, 0.25) is 0 Å². The van der Waals surface area contributed by atoms with Crippen LogP contribution in [0, 0.1) is 5.41 Å². The van der Waals surface area contributed by atoms with Crippen molar-refractivity contribution in [2.75, 3.05) is 12.4 Å². The molecular formula is C14H21NO2. The Hall–Kier alpha value is -1.51. The van der Waals surface area contributed by atoms with Gasteiger partial charge in [0.25, 0.3) is 0 Å². The van der Waals surface area contributed by atoms with Gasteiger partial charge in [-0.15, -0.1) is 0 Å². The van der Waals surface area contributed by atoms with E-state index >= 15 is 0 Å². The molecule has 0 saturated carbocycles. The average molecular weight is 235 g/mol. The second-order valence-electron chi connectivity index (χ2n) is 5.04. The first-order valence-corrected chi connectivity index (χ1v) is 5.87. The maximum Gasteiger partial charge on any atom is 0.229 e. The van der Waals surface area contributed by atoms with Gasteiger partial charge in [-0.05, 0) is 18.6 Å². The number of benzene rings is 1. The third-order valence-corrected chi connectivity index (χ3v) is 2.64. The lowest BCUT2D eigenvalue weighted by Gasteiger charge is -2.20. The molecule has 0 unspecified atom stereocenters. The minimum Gasteiger partial charge on any atom is -0.496 e. The van der Waals surface area contributed by atoms with E-state index in [-0.39, 0.29) is 5.91 Å². The molecule has 94 valence electrons. The fourth-order valence-corrected chi connectivity index (χ4v) is 1.55. The zero-order valence-electron chi connectivity index (χ0n) is 11.3. The van der Waals surface area contributed by atoms with Crippen LogP contribution in [-0.2, 0) is 11.2 Å². The Labute approximate surface area is 103 Å². The molecule has 3 nitrogen and oxygen atoms in total. The van der Waals surface area contributed by atoms with Crippen LogP contribution >= 0.6 is 0 Å². The van der Waals surface area contributed by atoms with Crippen molar-refractivity contribution in [1.29, 1.82) is 0 Å². The monoisotopic (exact) mass is 235 g/mol. The predicted octanol–water partition coefficient (Wildman–Crippen LogP) is 3.24. The largest absolute Gasteiger partial charge is 0.496 e. The molecule has 1 N–H and O–H groups in total. The third kappa shape index (κ3) is 3.22. The number of amides is 1. The van der Waals surface area contributed by atoms with E-state index in [9.17, 15) is 4.79 Å². The van der Waals surface area contributed by atoms with Crippen molar-refractivity contribution in [2.24, 2.45) is 5.41 Å². The van der Waals surface area contributed by atoms with Crippen LogP contribution in [-0.4, -0.2) is 13.0 Å². The molecule has 17 heavy (non-hydrogen) atoms. The SMILES string of the molecule is CCc1c(NC(=O)C(C)(C)C)cccc1OC. The molecular weight excluding hydrogens is 214 g/mol. The van der Waals surface area contributed by atoms with Gasteiger partial charge in [0.1, 0.15) is 5.75 Å². The highest BCUT2D eigenvalue weighted by molar-refractivity contribution is 5.95. The van der Waals surface area contributed by atoms with Gasteiger partial charge in [-0.1, -0.05) is 33.8 Å². The molecule has 0 saturated heterocycles. The van der Waals surface area contributed by atoms with Gasteiger partial charge in [-0.2, -0.15) is 0 Å². The summed E-state index contributed by atoms with van der Waals surface area (Å²) in [5, 5.41) is 2.96. The van der Waals surface area contributed by atoms with Gasteiger partial charge in [-0.3, -0.25) is 4.79 Å². The van der Waals surface area contributed by atoms with Gasteiger partial charge in [0, 0.05) is 16.7 Å². The Morgan fingerprint density at radius 3 is 2.47 bits per heavy atom. The highest BCUT2D eigenvalue weighted by Gasteiger charge is 2.22. The van der Waals surface area contributed by atoms with E-state index in [1.807, 2.05) is 45.9 Å². The summed E-state index contributed by atoms with van der Waals surface area (Å²) in [5.74, 6) is 0.833. The van der Waals surface area contributed by atoms with Crippen molar-refractivity contribution < 1.29 is 9.53 Å². The Morgan fingerprint density at radius 2 is 2.00 bits per heavy atom. The van der Waals surface area contributed by atoms with Crippen molar-refractivity contribution in [1.82, 2.24) is 0 Å². The molecule has 0 aliphatic heterocycles. The summed E-state index contributed by atoms with van der Waals surface area (Å²) in [6, 6.07) is 5.70. The average Bonchev–Trinajstić information content (AvgIpc) is 2.27. The van der Waals surface area contributed by atoms with Crippen LogP contribution in [0.5, 0.6) is 5.75 Å². The van der Waals surface area contributed by atoms with Crippen LogP contribution < -0.4 is 10.1 Å². The molecule has 0 spiro atoms. The quantitative estimate of drug-likeness (QED) is 0.873. The number of hydrogen-bond donors (Lipinski definition) is 1. The summed E-state index contributed by atoms with van der Waals surface area (Å²) in [6.45, 7) is 7.74. The van der Waals surface area contributed by atoms with Crippen LogP contribution in [0.3, 0.4) is 0 Å². The molecule has 0 aliphatic carbocycles. The summed E-state index contributed by atoms with van der Waals surface area (Å²) in [4.78, 5) is 11.9. The number of carbonyl (C=O) groups is 1. The predicted molar refractivity (Wildman–Crippen MR) is 70.5 cm³/mol. The molecule has 1 amide bonds. The van der Waals surface area contributed by atoms with E-state index in [0.29, 0.717) is 0 Å². The Morgan fingerprint density at radius 1 is 1.35 bits per heavy atom. The van der Waals surface area contributed by atoms with Crippen LogP contribution in [0.25, 0.3) is 0 Å². The van der Waals surface area contributed by atoms with E-state index < -0.39 is 5.41 Å². The molecule has 0 aromatic heterocycles. The van der Waals surface area contributed by atoms with Crippen LogP contribution in [0.4, 0.5) is 5.69 Å². The molecule has 1 aromatic rings. The molecule has 0 atom stereocenters.